The number of hydrogen-bond acceptors (Lipinski definition) is 4. The first-order chi connectivity index (χ1) is 8.95. The smallest absolute Gasteiger partial charge is 0.180 e. The van der Waals surface area contributed by atoms with E-state index >= 15 is 0 Å². The van der Waals surface area contributed by atoms with E-state index in [1.54, 1.807) is 18.2 Å². The fourth-order valence-electron chi connectivity index (χ4n) is 1.57. The van der Waals surface area contributed by atoms with Crippen LogP contribution in [-0.4, -0.2) is 27.4 Å². The minimum absolute atomic E-state index is 0.0130. The van der Waals surface area contributed by atoms with Gasteiger partial charge in [-0.15, -0.1) is 0 Å². The van der Waals surface area contributed by atoms with Gasteiger partial charge in [0.25, 0.3) is 0 Å². The summed E-state index contributed by atoms with van der Waals surface area (Å²) >= 11 is 0. The Morgan fingerprint density at radius 3 is 2.63 bits per heavy atom. The van der Waals surface area contributed by atoms with Crippen LogP contribution < -0.4 is 5.73 Å². The summed E-state index contributed by atoms with van der Waals surface area (Å²) in [6.07, 6.45) is 0.947. The molecule has 0 aliphatic heterocycles. The van der Waals surface area contributed by atoms with Crippen molar-refractivity contribution in [3.63, 3.8) is 0 Å². The predicted octanol–water partition coefficient (Wildman–Crippen LogP) is 1.98. The molecule has 2 N–H and O–H groups in total. The molecule has 4 nitrogen and oxygen atoms in total. The van der Waals surface area contributed by atoms with Crippen molar-refractivity contribution in [3.05, 3.63) is 29.8 Å². The number of hydrogen-bond donors (Lipinski definition) is 1. The quantitative estimate of drug-likeness (QED) is 0.742. The second-order valence-corrected chi connectivity index (χ2v) is 7.07. The van der Waals surface area contributed by atoms with Gasteiger partial charge in [-0.1, -0.05) is 26.0 Å². The SMILES string of the molecule is CC(C)CCOCCS(=O)(=O)c1cccc(CN)c1. The maximum Gasteiger partial charge on any atom is 0.180 e. The molecule has 5 heteroatoms. The van der Waals surface area contributed by atoms with E-state index < -0.39 is 9.84 Å². The Morgan fingerprint density at radius 2 is 2.00 bits per heavy atom. The molecule has 0 unspecified atom stereocenters. The van der Waals surface area contributed by atoms with Crippen LogP contribution in [0.2, 0.25) is 0 Å². The standard InChI is InChI=1S/C14H23NO3S/c1-12(2)6-7-18-8-9-19(16,17)14-5-3-4-13(10-14)11-15/h3-5,10,12H,6-9,11,15H2,1-2H3. The highest BCUT2D eigenvalue weighted by Gasteiger charge is 2.14. The van der Waals surface area contributed by atoms with Crippen molar-refractivity contribution in [1.29, 1.82) is 0 Å². The molecule has 1 rings (SSSR count). The molecular weight excluding hydrogens is 262 g/mol. The molecule has 0 saturated heterocycles. The molecule has 0 atom stereocenters. The van der Waals surface area contributed by atoms with Gasteiger partial charge in [-0.25, -0.2) is 8.42 Å². The van der Waals surface area contributed by atoms with E-state index in [0.717, 1.165) is 12.0 Å². The van der Waals surface area contributed by atoms with E-state index in [1.165, 1.54) is 0 Å². The lowest BCUT2D eigenvalue weighted by molar-refractivity contribution is 0.137. The van der Waals surface area contributed by atoms with Crippen LogP contribution in [0, 0.1) is 5.92 Å². The molecule has 19 heavy (non-hydrogen) atoms. The van der Waals surface area contributed by atoms with Gasteiger partial charge in [-0.2, -0.15) is 0 Å². The van der Waals surface area contributed by atoms with Crippen molar-refractivity contribution in [3.8, 4) is 0 Å². The summed E-state index contributed by atoms with van der Waals surface area (Å²) in [6.45, 7) is 5.41. The van der Waals surface area contributed by atoms with Crippen LogP contribution in [0.3, 0.4) is 0 Å². The summed E-state index contributed by atoms with van der Waals surface area (Å²) in [6, 6.07) is 6.76. The highest BCUT2D eigenvalue weighted by molar-refractivity contribution is 7.91. The van der Waals surface area contributed by atoms with Crippen LogP contribution in [0.4, 0.5) is 0 Å². The first-order valence-corrected chi connectivity index (χ1v) is 8.20. The van der Waals surface area contributed by atoms with Gasteiger partial charge in [0.05, 0.1) is 17.3 Å². The van der Waals surface area contributed by atoms with Crippen molar-refractivity contribution >= 4 is 9.84 Å². The van der Waals surface area contributed by atoms with Crippen molar-refractivity contribution < 1.29 is 13.2 Å². The van der Waals surface area contributed by atoms with E-state index in [0.29, 0.717) is 24.0 Å². The first-order valence-electron chi connectivity index (χ1n) is 6.55. The molecule has 0 aliphatic rings. The van der Waals surface area contributed by atoms with Crippen LogP contribution in [0.1, 0.15) is 25.8 Å². The number of ether oxygens (including phenoxy) is 1. The number of nitrogens with two attached hydrogens (primary N) is 1. The summed E-state index contributed by atoms with van der Waals surface area (Å²) in [5.41, 5.74) is 6.33. The second kappa shape index (κ2) is 7.62. The minimum atomic E-state index is -3.27. The van der Waals surface area contributed by atoms with Crippen molar-refractivity contribution in [2.24, 2.45) is 11.7 Å². The molecule has 0 aromatic heterocycles. The van der Waals surface area contributed by atoms with Crippen LogP contribution in [0.15, 0.2) is 29.2 Å². The van der Waals surface area contributed by atoms with Crippen LogP contribution in [-0.2, 0) is 21.1 Å². The highest BCUT2D eigenvalue weighted by Crippen LogP contribution is 2.13. The third kappa shape index (κ3) is 5.72. The van der Waals surface area contributed by atoms with E-state index in [-0.39, 0.29) is 12.4 Å². The Kier molecular flexibility index (Phi) is 6.48. The third-order valence-corrected chi connectivity index (χ3v) is 4.51. The number of rotatable bonds is 8. The second-order valence-electron chi connectivity index (χ2n) is 4.97. The Hall–Kier alpha value is -0.910. The number of benzene rings is 1. The van der Waals surface area contributed by atoms with Crippen molar-refractivity contribution in [2.75, 3.05) is 19.0 Å². The molecule has 0 spiro atoms. The lowest BCUT2D eigenvalue weighted by Crippen LogP contribution is -2.14. The zero-order chi connectivity index (χ0) is 14.3. The fourth-order valence-corrected chi connectivity index (χ4v) is 2.76. The van der Waals surface area contributed by atoms with Gasteiger partial charge in [0.1, 0.15) is 0 Å². The largest absolute Gasteiger partial charge is 0.380 e. The molecular formula is C14H23NO3S. The zero-order valence-corrected chi connectivity index (χ0v) is 12.4. The molecule has 0 fully saturated rings. The molecule has 0 saturated carbocycles. The monoisotopic (exact) mass is 285 g/mol. The Balaban J connectivity index is 2.51. The zero-order valence-electron chi connectivity index (χ0n) is 11.6. The van der Waals surface area contributed by atoms with Gasteiger partial charge in [0.2, 0.25) is 0 Å². The Morgan fingerprint density at radius 1 is 1.26 bits per heavy atom. The van der Waals surface area contributed by atoms with Gasteiger partial charge < -0.3 is 10.5 Å². The average molecular weight is 285 g/mol. The van der Waals surface area contributed by atoms with Crippen LogP contribution in [0.5, 0.6) is 0 Å². The summed E-state index contributed by atoms with van der Waals surface area (Å²) in [7, 11) is -3.27. The molecule has 0 aliphatic carbocycles. The first kappa shape index (κ1) is 16.1. The summed E-state index contributed by atoms with van der Waals surface area (Å²) in [5.74, 6) is 0.580. The van der Waals surface area contributed by atoms with E-state index in [1.807, 2.05) is 6.07 Å². The average Bonchev–Trinajstić information content (AvgIpc) is 2.38. The topological polar surface area (TPSA) is 69.4 Å². The lowest BCUT2D eigenvalue weighted by atomic mass is 10.1. The molecule has 0 radical (unpaired) electrons. The van der Waals surface area contributed by atoms with Gasteiger partial charge in [0.15, 0.2) is 9.84 Å². The Labute approximate surface area is 115 Å². The van der Waals surface area contributed by atoms with Crippen molar-refractivity contribution in [1.82, 2.24) is 0 Å². The fraction of sp³-hybridized carbons (Fsp3) is 0.571. The molecule has 0 bridgehead atoms. The maximum atomic E-state index is 12.1. The summed E-state index contributed by atoms with van der Waals surface area (Å²) < 4.78 is 29.5. The Bertz CT molecular complexity index is 483. The van der Waals surface area contributed by atoms with E-state index in [9.17, 15) is 8.42 Å². The van der Waals surface area contributed by atoms with Gasteiger partial charge in [-0.05, 0) is 30.0 Å². The summed E-state index contributed by atoms with van der Waals surface area (Å²) in [4.78, 5) is 0.322. The molecule has 1 aromatic rings. The number of sulfone groups is 1. The van der Waals surface area contributed by atoms with E-state index in [4.69, 9.17) is 10.5 Å². The minimum Gasteiger partial charge on any atom is -0.380 e. The molecule has 0 heterocycles. The normalized spacial score (nSPS) is 12.0. The van der Waals surface area contributed by atoms with Crippen molar-refractivity contribution in [2.45, 2.75) is 31.7 Å². The maximum absolute atomic E-state index is 12.1. The lowest BCUT2D eigenvalue weighted by Gasteiger charge is -2.08. The molecule has 1 aromatic carbocycles. The predicted molar refractivity (Wildman–Crippen MR) is 76.7 cm³/mol. The van der Waals surface area contributed by atoms with Crippen LogP contribution >= 0.6 is 0 Å². The van der Waals surface area contributed by atoms with Gasteiger partial charge in [-0.3, -0.25) is 0 Å². The summed E-state index contributed by atoms with van der Waals surface area (Å²) in [5, 5.41) is 0. The van der Waals surface area contributed by atoms with E-state index in [2.05, 4.69) is 13.8 Å². The van der Waals surface area contributed by atoms with Gasteiger partial charge >= 0.3 is 0 Å². The van der Waals surface area contributed by atoms with Crippen LogP contribution in [0.25, 0.3) is 0 Å². The third-order valence-electron chi connectivity index (χ3n) is 2.83. The molecule has 0 amide bonds. The highest BCUT2D eigenvalue weighted by atomic mass is 32.2. The molecule has 108 valence electrons. The van der Waals surface area contributed by atoms with Gasteiger partial charge in [0, 0.05) is 13.2 Å².